The monoisotopic (exact) mass is 255 g/mol. The molecular weight excluding hydrogens is 249 g/mol. The van der Waals surface area contributed by atoms with Gasteiger partial charge in [-0.15, -0.1) is 13.2 Å². The van der Waals surface area contributed by atoms with Gasteiger partial charge >= 0.3 is 6.36 Å². The SMILES string of the molecule is Cc1cc(C=O)c(OC(F)(F)F)c(C(F)F)n1. The van der Waals surface area contributed by atoms with Crippen molar-refractivity contribution in [1.82, 2.24) is 4.98 Å². The van der Waals surface area contributed by atoms with Crippen LogP contribution in [0.4, 0.5) is 22.0 Å². The number of pyridine rings is 1. The van der Waals surface area contributed by atoms with E-state index >= 15 is 0 Å². The Bertz CT molecular complexity index is 430. The lowest BCUT2D eigenvalue weighted by Gasteiger charge is -2.14. The van der Waals surface area contributed by atoms with Crippen molar-refractivity contribution in [2.75, 3.05) is 0 Å². The average molecular weight is 255 g/mol. The van der Waals surface area contributed by atoms with Crippen molar-refractivity contribution in [3.05, 3.63) is 23.0 Å². The molecule has 0 radical (unpaired) electrons. The molecule has 0 fully saturated rings. The van der Waals surface area contributed by atoms with Gasteiger partial charge < -0.3 is 4.74 Å². The molecule has 0 saturated carbocycles. The Hall–Kier alpha value is -1.73. The summed E-state index contributed by atoms with van der Waals surface area (Å²) in [5.74, 6) is -1.26. The number of ether oxygens (including phenoxy) is 1. The Morgan fingerprint density at radius 3 is 2.41 bits per heavy atom. The first-order valence-electron chi connectivity index (χ1n) is 4.25. The summed E-state index contributed by atoms with van der Waals surface area (Å²) < 4.78 is 64.3. The Kier molecular flexibility index (Phi) is 3.64. The second kappa shape index (κ2) is 4.64. The normalized spacial score (nSPS) is 11.7. The molecule has 0 aliphatic rings. The number of carbonyl (C=O) groups excluding carboxylic acids is 1. The number of aromatic nitrogens is 1. The smallest absolute Gasteiger partial charge is 0.403 e. The van der Waals surface area contributed by atoms with Crippen molar-refractivity contribution in [1.29, 1.82) is 0 Å². The van der Waals surface area contributed by atoms with Crippen molar-refractivity contribution >= 4 is 6.29 Å². The maximum atomic E-state index is 12.5. The van der Waals surface area contributed by atoms with E-state index in [2.05, 4.69) is 9.72 Å². The molecule has 1 aromatic rings. The highest BCUT2D eigenvalue weighted by Gasteiger charge is 2.35. The zero-order valence-corrected chi connectivity index (χ0v) is 8.39. The summed E-state index contributed by atoms with van der Waals surface area (Å²) in [6, 6.07) is 0.931. The topological polar surface area (TPSA) is 39.2 Å². The maximum Gasteiger partial charge on any atom is 0.573 e. The van der Waals surface area contributed by atoms with Gasteiger partial charge in [-0.2, -0.15) is 0 Å². The number of nitrogens with zero attached hydrogens (tertiary/aromatic N) is 1. The maximum absolute atomic E-state index is 12.5. The van der Waals surface area contributed by atoms with Crippen LogP contribution in [0, 0.1) is 6.92 Å². The minimum atomic E-state index is -5.17. The Morgan fingerprint density at radius 2 is 2.00 bits per heavy atom. The van der Waals surface area contributed by atoms with Crippen LogP contribution in [0.3, 0.4) is 0 Å². The molecule has 0 unspecified atom stereocenters. The number of alkyl halides is 5. The van der Waals surface area contributed by atoms with Gasteiger partial charge in [0.25, 0.3) is 6.43 Å². The van der Waals surface area contributed by atoms with Crippen molar-refractivity contribution in [2.45, 2.75) is 19.7 Å². The third kappa shape index (κ3) is 3.36. The Labute approximate surface area is 92.2 Å². The van der Waals surface area contributed by atoms with Gasteiger partial charge in [-0.05, 0) is 13.0 Å². The highest BCUT2D eigenvalue weighted by atomic mass is 19.4. The third-order valence-electron chi connectivity index (χ3n) is 1.71. The highest BCUT2D eigenvalue weighted by molar-refractivity contribution is 5.80. The summed E-state index contributed by atoms with van der Waals surface area (Å²) in [6.07, 6.45) is -8.44. The number of aldehydes is 1. The molecule has 0 amide bonds. The largest absolute Gasteiger partial charge is 0.573 e. The van der Waals surface area contributed by atoms with Crippen molar-refractivity contribution in [3.8, 4) is 5.75 Å². The lowest BCUT2D eigenvalue weighted by atomic mass is 10.2. The minimum Gasteiger partial charge on any atom is -0.403 e. The van der Waals surface area contributed by atoms with Crippen LogP contribution < -0.4 is 4.74 Å². The number of aryl methyl sites for hydroxylation is 1. The van der Waals surface area contributed by atoms with Crippen molar-refractivity contribution in [3.63, 3.8) is 0 Å². The van der Waals surface area contributed by atoms with Gasteiger partial charge in [-0.25, -0.2) is 13.8 Å². The molecule has 94 valence electrons. The van der Waals surface area contributed by atoms with E-state index in [1.54, 1.807) is 0 Å². The lowest BCUT2D eigenvalue weighted by Crippen LogP contribution is -2.20. The number of hydrogen-bond acceptors (Lipinski definition) is 3. The molecule has 8 heteroatoms. The quantitative estimate of drug-likeness (QED) is 0.615. The van der Waals surface area contributed by atoms with Crippen LogP contribution in [0.25, 0.3) is 0 Å². The molecule has 0 bridgehead atoms. The second-order valence-electron chi connectivity index (χ2n) is 3.03. The molecule has 0 spiro atoms. The van der Waals surface area contributed by atoms with Crippen LogP contribution in [0.1, 0.15) is 28.2 Å². The first kappa shape index (κ1) is 13.3. The molecule has 1 rings (SSSR count). The average Bonchev–Trinajstić information content (AvgIpc) is 2.17. The molecule has 0 aliphatic carbocycles. The van der Waals surface area contributed by atoms with Crippen molar-refractivity contribution < 1.29 is 31.5 Å². The van der Waals surface area contributed by atoms with E-state index < -0.39 is 29.8 Å². The van der Waals surface area contributed by atoms with Gasteiger partial charge in [0, 0.05) is 5.69 Å². The summed E-state index contributed by atoms with van der Waals surface area (Å²) in [5, 5.41) is 0. The molecule has 0 aliphatic heterocycles. The first-order chi connectivity index (χ1) is 7.74. The van der Waals surface area contributed by atoms with E-state index in [1.165, 1.54) is 6.92 Å². The molecule has 1 aromatic heterocycles. The van der Waals surface area contributed by atoms with E-state index in [4.69, 9.17) is 0 Å². The van der Waals surface area contributed by atoms with E-state index in [9.17, 15) is 26.7 Å². The van der Waals surface area contributed by atoms with Gasteiger partial charge in [0.1, 0.15) is 5.69 Å². The Balaban J connectivity index is 3.37. The minimum absolute atomic E-state index is 0.00162. The van der Waals surface area contributed by atoms with Crippen LogP contribution >= 0.6 is 0 Å². The van der Waals surface area contributed by atoms with Gasteiger partial charge in [0.15, 0.2) is 12.0 Å². The van der Waals surface area contributed by atoms with Crippen LogP contribution in [-0.4, -0.2) is 17.6 Å². The predicted molar refractivity (Wildman–Crippen MR) is 46.0 cm³/mol. The van der Waals surface area contributed by atoms with Gasteiger partial charge in [0.2, 0.25) is 0 Å². The zero-order valence-electron chi connectivity index (χ0n) is 8.39. The van der Waals surface area contributed by atoms with Gasteiger partial charge in [0.05, 0.1) is 5.56 Å². The van der Waals surface area contributed by atoms with Gasteiger partial charge in [-0.3, -0.25) is 4.79 Å². The molecule has 3 nitrogen and oxygen atoms in total. The van der Waals surface area contributed by atoms with E-state index in [1.807, 2.05) is 0 Å². The molecule has 0 aromatic carbocycles. The summed E-state index contributed by atoms with van der Waals surface area (Å²) in [5.41, 5.74) is -1.83. The van der Waals surface area contributed by atoms with Gasteiger partial charge in [-0.1, -0.05) is 0 Å². The zero-order chi connectivity index (χ0) is 13.2. The Morgan fingerprint density at radius 1 is 1.41 bits per heavy atom. The number of carbonyl (C=O) groups is 1. The van der Waals surface area contributed by atoms with Crippen LogP contribution in [0.15, 0.2) is 6.07 Å². The van der Waals surface area contributed by atoms with Crippen molar-refractivity contribution in [2.24, 2.45) is 0 Å². The predicted octanol–water partition coefficient (Wildman–Crippen LogP) is 3.04. The number of hydrogen-bond donors (Lipinski definition) is 0. The highest BCUT2D eigenvalue weighted by Crippen LogP contribution is 2.34. The summed E-state index contributed by atoms with van der Waals surface area (Å²) in [6.45, 7) is 1.27. The van der Waals surface area contributed by atoms with E-state index in [0.29, 0.717) is 0 Å². The number of rotatable bonds is 3. The molecule has 1 heterocycles. The fraction of sp³-hybridized carbons (Fsp3) is 0.333. The third-order valence-corrected chi connectivity index (χ3v) is 1.71. The fourth-order valence-electron chi connectivity index (χ4n) is 1.17. The van der Waals surface area contributed by atoms with Crippen LogP contribution in [-0.2, 0) is 0 Å². The molecule has 17 heavy (non-hydrogen) atoms. The summed E-state index contributed by atoms with van der Waals surface area (Å²) >= 11 is 0. The summed E-state index contributed by atoms with van der Waals surface area (Å²) in [7, 11) is 0. The molecule has 0 N–H and O–H groups in total. The first-order valence-corrected chi connectivity index (χ1v) is 4.25. The van der Waals surface area contributed by atoms with E-state index in [0.717, 1.165) is 6.07 Å². The molecular formula is C9H6F5NO2. The van der Waals surface area contributed by atoms with Crippen LogP contribution in [0.2, 0.25) is 0 Å². The van der Waals surface area contributed by atoms with Crippen LogP contribution in [0.5, 0.6) is 5.75 Å². The second-order valence-corrected chi connectivity index (χ2v) is 3.03. The summed E-state index contributed by atoms with van der Waals surface area (Å²) in [4.78, 5) is 13.8. The van der Waals surface area contributed by atoms with E-state index in [-0.39, 0.29) is 12.0 Å². The molecule has 0 atom stereocenters. The lowest BCUT2D eigenvalue weighted by molar-refractivity contribution is -0.275. The number of halogens is 5. The fourth-order valence-corrected chi connectivity index (χ4v) is 1.17. The molecule has 0 saturated heterocycles. The standard InChI is InChI=1S/C9H6F5NO2/c1-4-2-5(3-16)7(17-9(12,13)14)6(15-4)8(10)11/h2-3,8H,1H3.